The normalized spacial score (nSPS) is 10.7. The van der Waals surface area contributed by atoms with Gasteiger partial charge >= 0.3 is 0 Å². The molecular formula is C26H17ClN4. The Balaban J connectivity index is 1.61. The number of fused-ring (bicyclic) bond motifs is 1. The number of hydrogen-bond donors (Lipinski definition) is 2. The van der Waals surface area contributed by atoms with Crippen LogP contribution < -0.4 is 5.32 Å². The van der Waals surface area contributed by atoms with Crippen LogP contribution >= 0.6 is 11.6 Å². The van der Waals surface area contributed by atoms with E-state index in [0.717, 1.165) is 44.5 Å². The Morgan fingerprint density at radius 2 is 1.71 bits per heavy atom. The molecule has 0 atom stereocenters. The van der Waals surface area contributed by atoms with E-state index in [1.807, 2.05) is 66.9 Å². The lowest BCUT2D eigenvalue weighted by molar-refractivity contribution is 1.30. The highest BCUT2D eigenvalue weighted by Crippen LogP contribution is 2.36. The lowest BCUT2D eigenvalue weighted by atomic mass is 9.98. The second kappa shape index (κ2) is 7.98. The number of nitrogens with zero attached hydrogens (tertiary/aromatic N) is 2. The zero-order valence-corrected chi connectivity index (χ0v) is 17.2. The molecule has 0 saturated heterocycles. The first kappa shape index (κ1) is 18.9. The number of nitriles is 1. The molecule has 0 bridgehead atoms. The topological polar surface area (TPSA) is 64.5 Å². The molecule has 0 aliphatic rings. The molecular weight excluding hydrogens is 404 g/mol. The standard InChI is InChI=1S/C26H17ClN4/c27-24-7-2-1-6-22(24)17-4-3-5-18(12-17)23-16-29-15-20(14-28)26(23)31-21-8-9-25-19(13-21)10-11-30-25/h1-13,15-16,30H,(H,29,31). The molecule has 2 heterocycles. The maximum Gasteiger partial charge on any atom is 0.103 e. The number of pyridine rings is 1. The Morgan fingerprint density at radius 3 is 2.55 bits per heavy atom. The van der Waals surface area contributed by atoms with Crippen LogP contribution in [0.25, 0.3) is 33.2 Å². The molecule has 4 nitrogen and oxygen atoms in total. The minimum atomic E-state index is 0.481. The molecule has 3 aromatic carbocycles. The van der Waals surface area contributed by atoms with Crippen LogP contribution in [-0.2, 0) is 0 Å². The molecule has 148 valence electrons. The van der Waals surface area contributed by atoms with E-state index in [-0.39, 0.29) is 0 Å². The van der Waals surface area contributed by atoms with E-state index in [1.54, 1.807) is 12.4 Å². The highest BCUT2D eigenvalue weighted by atomic mass is 35.5. The molecule has 2 aromatic heterocycles. The third-order valence-corrected chi connectivity index (χ3v) is 5.58. The first-order valence-electron chi connectivity index (χ1n) is 9.80. The monoisotopic (exact) mass is 420 g/mol. The highest BCUT2D eigenvalue weighted by Gasteiger charge is 2.13. The van der Waals surface area contributed by atoms with Crippen molar-refractivity contribution in [1.82, 2.24) is 9.97 Å². The molecule has 0 radical (unpaired) electrons. The lowest BCUT2D eigenvalue weighted by Gasteiger charge is -2.15. The summed E-state index contributed by atoms with van der Waals surface area (Å²) in [5.41, 5.74) is 6.94. The first-order valence-corrected chi connectivity index (χ1v) is 10.2. The molecule has 5 rings (SSSR count). The van der Waals surface area contributed by atoms with Gasteiger partial charge in [0.2, 0.25) is 0 Å². The van der Waals surface area contributed by atoms with Gasteiger partial charge in [0.25, 0.3) is 0 Å². The fourth-order valence-corrected chi connectivity index (χ4v) is 3.97. The minimum Gasteiger partial charge on any atom is -0.361 e. The summed E-state index contributed by atoms with van der Waals surface area (Å²) in [7, 11) is 0. The SMILES string of the molecule is N#Cc1cncc(-c2cccc(-c3ccccc3Cl)c2)c1Nc1ccc2[nH]ccc2c1. The van der Waals surface area contributed by atoms with Crippen LogP contribution in [0.15, 0.2) is 91.4 Å². The summed E-state index contributed by atoms with van der Waals surface area (Å²) in [6.07, 6.45) is 5.27. The molecule has 0 saturated carbocycles. The van der Waals surface area contributed by atoms with Crippen LogP contribution in [0.5, 0.6) is 0 Å². The number of nitrogens with one attached hydrogen (secondary N) is 2. The number of anilines is 2. The van der Waals surface area contributed by atoms with Crippen molar-refractivity contribution in [2.75, 3.05) is 5.32 Å². The number of aromatic amines is 1. The summed E-state index contributed by atoms with van der Waals surface area (Å²) in [5.74, 6) is 0. The number of hydrogen-bond acceptors (Lipinski definition) is 3. The van der Waals surface area contributed by atoms with Crippen LogP contribution in [0.1, 0.15) is 5.56 Å². The number of halogens is 1. The Kier molecular flexibility index (Phi) is 4.87. The van der Waals surface area contributed by atoms with Crippen LogP contribution in [0.2, 0.25) is 5.02 Å². The van der Waals surface area contributed by atoms with E-state index >= 15 is 0 Å². The molecule has 0 aliphatic carbocycles. The van der Waals surface area contributed by atoms with E-state index in [0.29, 0.717) is 10.6 Å². The van der Waals surface area contributed by atoms with E-state index in [2.05, 4.69) is 33.5 Å². The second-order valence-electron chi connectivity index (χ2n) is 7.19. The van der Waals surface area contributed by atoms with Crippen molar-refractivity contribution >= 4 is 33.9 Å². The highest BCUT2D eigenvalue weighted by molar-refractivity contribution is 6.33. The summed E-state index contributed by atoms with van der Waals surface area (Å²) in [6, 6.07) is 26.2. The lowest BCUT2D eigenvalue weighted by Crippen LogP contribution is -1.98. The van der Waals surface area contributed by atoms with E-state index in [9.17, 15) is 5.26 Å². The first-order chi connectivity index (χ1) is 15.2. The van der Waals surface area contributed by atoms with Crippen molar-refractivity contribution in [3.63, 3.8) is 0 Å². The number of benzene rings is 3. The average molecular weight is 421 g/mol. The van der Waals surface area contributed by atoms with Gasteiger partial charge in [-0.1, -0.05) is 48.0 Å². The van der Waals surface area contributed by atoms with Gasteiger partial charge in [0.1, 0.15) is 6.07 Å². The van der Waals surface area contributed by atoms with Gasteiger partial charge in [0, 0.05) is 51.3 Å². The molecule has 0 spiro atoms. The molecule has 0 aliphatic heterocycles. The van der Waals surface area contributed by atoms with Gasteiger partial charge in [0.05, 0.1) is 11.3 Å². The van der Waals surface area contributed by atoms with Crippen molar-refractivity contribution in [2.45, 2.75) is 0 Å². The Morgan fingerprint density at radius 1 is 0.871 bits per heavy atom. The fourth-order valence-electron chi connectivity index (χ4n) is 3.72. The van der Waals surface area contributed by atoms with Crippen molar-refractivity contribution in [2.24, 2.45) is 0 Å². The van der Waals surface area contributed by atoms with Crippen molar-refractivity contribution in [3.8, 4) is 28.3 Å². The van der Waals surface area contributed by atoms with E-state index in [4.69, 9.17) is 11.6 Å². The minimum absolute atomic E-state index is 0.481. The molecule has 0 unspecified atom stereocenters. The average Bonchev–Trinajstić information content (AvgIpc) is 3.27. The van der Waals surface area contributed by atoms with Crippen molar-refractivity contribution < 1.29 is 0 Å². The molecule has 2 N–H and O–H groups in total. The predicted molar refractivity (Wildman–Crippen MR) is 126 cm³/mol. The van der Waals surface area contributed by atoms with Crippen LogP contribution in [0, 0.1) is 11.3 Å². The van der Waals surface area contributed by atoms with Gasteiger partial charge in [-0.25, -0.2) is 0 Å². The fraction of sp³-hybridized carbons (Fsp3) is 0. The van der Waals surface area contributed by atoms with Crippen molar-refractivity contribution in [1.29, 1.82) is 5.26 Å². The van der Waals surface area contributed by atoms with Gasteiger partial charge < -0.3 is 10.3 Å². The third kappa shape index (κ3) is 3.63. The molecule has 0 amide bonds. The summed E-state index contributed by atoms with van der Waals surface area (Å²) >= 11 is 6.41. The van der Waals surface area contributed by atoms with E-state index < -0.39 is 0 Å². The Hall–Kier alpha value is -4.07. The molecule has 5 aromatic rings. The third-order valence-electron chi connectivity index (χ3n) is 5.25. The van der Waals surface area contributed by atoms with Gasteiger partial charge in [-0.05, 0) is 47.5 Å². The van der Waals surface area contributed by atoms with Gasteiger partial charge in [-0.2, -0.15) is 5.26 Å². The van der Waals surface area contributed by atoms with Crippen molar-refractivity contribution in [3.05, 3.63) is 102 Å². The van der Waals surface area contributed by atoms with Gasteiger partial charge in [0.15, 0.2) is 0 Å². The Bertz CT molecular complexity index is 1450. The zero-order chi connectivity index (χ0) is 21.2. The van der Waals surface area contributed by atoms with Crippen LogP contribution in [-0.4, -0.2) is 9.97 Å². The summed E-state index contributed by atoms with van der Waals surface area (Å²) in [5, 5.41) is 15.0. The number of H-pyrrole nitrogens is 1. The maximum absolute atomic E-state index is 9.72. The quantitative estimate of drug-likeness (QED) is 0.324. The molecule has 31 heavy (non-hydrogen) atoms. The summed E-state index contributed by atoms with van der Waals surface area (Å²) < 4.78 is 0. The summed E-state index contributed by atoms with van der Waals surface area (Å²) in [6.45, 7) is 0. The Labute approximate surface area is 184 Å². The van der Waals surface area contributed by atoms with E-state index in [1.165, 1.54) is 0 Å². The largest absolute Gasteiger partial charge is 0.361 e. The molecule has 5 heteroatoms. The summed E-state index contributed by atoms with van der Waals surface area (Å²) in [4.78, 5) is 7.50. The van der Waals surface area contributed by atoms with Crippen LogP contribution in [0.3, 0.4) is 0 Å². The smallest absolute Gasteiger partial charge is 0.103 e. The maximum atomic E-state index is 9.72. The predicted octanol–water partition coefficient (Wildman–Crippen LogP) is 7.17. The van der Waals surface area contributed by atoms with Gasteiger partial charge in [-0.15, -0.1) is 0 Å². The van der Waals surface area contributed by atoms with Crippen LogP contribution in [0.4, 0.5) is 11.4 Å². The van der Waals surface area contributed by atoms with Gasteiger partial charge in [-0.3, -0.25) is 4.98 Å². The molecule has 0 fully saturated rings. The zero-order valence-electron chi connectivity index (χ0n) is 16.4. The number of rotatable bonds is 4. The number of aromatic nitrogens is 2. The second-order valence-corrected chi connectivity index (χ2v) is 7.59.